The zero-order valence-corrected chi connectivity index (χ0v) is 20.3. The largest absolute Gasteiger partial charge is 0.487 e. The number of anilines is 1. The molecule has 0 atom stereocenters. The number of hydrogen-bond donors (Lipinski definition) is 1. The molecule has 36 heavy (non-hydrogen) atoms. The molecule has 10 heteroatoms. The Balaban J connectivity index is 1.40. The number of hydrogen-bond acceptors (Lipinski definition) is 5. The summed E-state index contributed by atoms with van der Waals surface area (Å²) in [6.07, 6.45) is 0. The zero-order valence-electron chi connectivity index (χ0n) is 19.5. The highest BCUT2D eigenvalue weighted by Gasteiger charge is 2.16. The molecular formula is C26H22ClFN4O4. The number of amides is 1. The number of nitrogens with one attached hydrogen (secondary N) is 1. The van der Waals surface area contributed by atoms with Gasteiger partial charge in [-0.2, -0.15) is 5.10 Å². The van der Waals surface area contributed by atoms with Crippen LogP contribution in [0.25, 0.3) is 0 Å². The Labute approximate surface area is 211 Å². The van der Waals surface area contributed by atoms with Crippen LogP contribution in [0.15, 0.2) is 66.7 Å². The Bertz CT molecular complexity index is 1440. The summed E-state index contributed by atoms with van der Waals surface area (Å²) in [4.78, 5) is 23.1. The maximum atomic E-state index is 13.5. The molecule has 184 valence electrons. The van der Waals surface area contributed by atoms with Crippen molar-refractivity contribution in [2.45, 2.75) is 27.0 Å². The van der Waals surface area contributed by atoms with Gasteiger partial charge in [-0.15, -0.1) is 0 Å². The van der Waals surface area contributed by atoms with E-state index in [1.165, 1.54) is 30.3 Å². The molecule has 0 fully saturated rings. The molecule has 8 nitrogen and oxygen atoms in total. The number of ether oxygens (including phenoxy) is 1. The second kappa shape index (κ2) is 10.6. The molecule has 0 bridgehead atoms. The lowest BCUT2D eigenvalue weighted by molar-refractivity contribution is -0.384. The van der Waals surface area contributed by atoms with E-state index in [9.17, 15) is 19.3 Å². The van der Waals surface area contributed by atoms with Crippen LogP contribution in [0.2, 0.25) is 5.02 Å². The van der Waals surface area contributed by atoms with Gasteiger partial charge in [0.1, 0.15) is 18.2 Å². The Morgan fingerprint density at radius 2 is 1.86 bits per heavy atom. The van der Waals surface area contributed by atoms with Gasteiger partial charge in [-0.1, -0.05) is 35.9 Å². The topological polar surface area (TPSA) is 99.3 Å². The van der Waals surface area contributed by atoms with Crippen molar-refractivity contribution in [3.63, 3.8) is 0 Å². The number of rotatable bonds is 8. The van der Waals surface area contributed by atoms with E-state index in [2.05, 4.69) is 10.4 Å². The highest BCUT2D eigenvalue weighted by molar-refractivity contribution is 6.32. The van der Waals surface area contributed by atoms with Gasteiger partial charge in [-0.25, -0.2) is 4.39 Å². The van der Waals surface area contributed by atoms with Crippen LogP contribution in [0.3, 0.4) is 0 Å². The van der Waals surface area contributed by atoms with E-state index in [1.54, 1.807) is 41.9 Å². The van der Waals surface area contributed by atoms with E-state index < -0.39 is 4.92 Å². The fraction of sp³-hybridized carbons (Fsp3) is 0.154. The number of aromatic nitrogens is 2. The summed E-state index contributed by atoms with van der Waals surface area (Å²) >= 11 is 6.06. The Morgan fingerprint density at radius 3 is 2.53 bits per heavy atom. The number of non-ortho nitro benzene ring substituents is 1. The summed E-state index contributed by atoms with van der Waals surface area (Å²) in [5, 5.41) is 18.4. The van der Waals surface area contributed by atoms with Gasteiger partial charge in [0.25, 0.3) is 11.6 Å². The van der Waals surface area contributed by atoms with Crippen LogP contribution in [0.1, 0.15) is 32.9 Å². The van der Waals surface area contributed by atoms with Gasteiger partial charge in [-0.05, 0) is 55.3 Å². The summed E-state index contributed by atoms with van der Waals surface area (Å²) in [5.74, 6) is -0.282. The fourth-order valence-corrected chi connectivity index (χ4v) is 3.89. The molecule has 1 aromatic heterocycles. The van der Waals surface area contributed by atoms with E-state index in [0.29, 0.717) is 29.2 Å². The van der Waals surface area contributed by atoms with Crippen LogP contribution in [0, 0.1) is 29.8 Å². The lowest BCUT2D eigenvalue weighted by Gasteiger charge is -2.10. The first-order chi connectivity index (χ1) is 17.2. The first kappa shape index (κ1) is 24.9. The quantitative estimate of drug-likeness (QED) is 0.230. The zero-order chi connectivity index (χ0) is 25.8. The number of aryl methyl sites for hydroxylation is 1. The molecule has 1 N–H and O–H groups in total. The van der Waals surface area contributed by atoms with E-state index in [1.807, 2.05) is 13.0 Å². The third-order valence-corrected chi connectivity index (χ3v) is 5.87. The molecule has 1 amide bonds. The highest BCUT2D eigenvalue weighted by atomic mass is 35.5. The Morgan fingerprint density at radius 1 is 1.11 bits per heavy atom. The first-order valence-corrected chi connectivity index (χ1v) is 11.3. The lowest BCUT2D eigenvalue weighted by Crippen LogP contribution is -2.13. The average molecular weight is 509 g/mol. The van der Waals surface area contributed by atoms with Crippen LogP contribution >= 0.6 is 11.6 Å². The second-order valence-electron chi connectivity index (χ2n) is 8.14. The second-order valence-corrected chi connectivity index (χ2v) is 8.55. The molecular weight excluding hydrogens is 487 g/mol. The standard InChI is InChI=1S/C26H22ClFN4O4/c1-16-25(17(2)31(30-16)14-19-4-3-5-21(28)12-19)29-26(33)20-8-6-18(7-9-20)15-36-24-11-10-22(32(34)35)13-23(24)27/h3-13H,14-15H2,1-2H3,(H,29,33). The van der Waals surface area contributed by atoms with Gasteiger partial charge >= 0.3 is 0 Å². The minimum Gasteiger partial charge on any atom is -0.487 e. The normalized spacial score (nSPS) is 10.8. The van der Waals surface area contributed by atoms with Crippen molar-refractivity contribution in [3.05, 3.63) is 116 Å². The van der Waals surface area contributed by atoms with Gasteiger partial charge in [0, 0.05) is 17.7 Å². The molecule has 0 saturated carbocycles. The monoisotopic (exact) mass is 508 g/mol. The Kier molecular flexibility index (Phi) is 7.30. The van der Waals surface area contributed by atoms with Crippen LogP contribution in [0.4, 0.5) is 15.8 Å². The molecule has 0 aliphatic carbocycles. The van der Waals surface area contributed by atoms with Gasteiger partial charge in [-0.3, -0.25) is 19.6 Å². The van der Waals surface area contributed by atoms with Gasteiger partial charge < -0.3 is 10.1 Å². The van der Waals surface area contributed by atoms with Crippen LogP contribution in [0.5, 0.6) is 5.75 Å². The molecule has 0 saturated heterocycles. The van der Waals surface area contributed by atoms with Crippen molar-refractivity contribution in [1.82, 2.24) is 9.78 Å². The molecule has 4 aromatic rings. The number of nitro benzene ring substituents is 1. The highest BCUT2D eigenvalue weighted by Crippen LogP contribution is 2.29. The molecule has 0 unspecified atom stereocenters. The summed E-state index contributed by atoms with van der Waals surface area (Å²) in [7, 11) is 0. The van der Waals surface area contributed by atoms with E-state index >= 15 is 0 Å². The fourth-order valence-electron chi connectivity index (χ4n) is 3.66. The molecule has 0 aliphatic heterocycles. The van der Waals surface area contributed by atoms with E-state index in [-0.39, 0.29) is 29.0 Å². The predicted octanol–water partition coefficient (Wildman–Crippen LogP) is 6.08. The van der Waals surface area contributed by atoms with Crippen molar-refractivity contribution in [2.24, 2.45) is 0 Å². The van der Waals surface area contributed by atoms with Gasteiger partial charge in [0.05, 0.1) is 33.6 Å². The van der Waals surface area contributed by atoms with Crippen LogP contribution in [-0.4, -0.2) is 20.6 Å². The summed E-state index contributed by atoms with van der Waals surface area (Å²) in [6, 6.07) is 17.2. The first-order valence-electron chi connectivity index (χ1n) is 11.0. The molecule has 1 heterocycles. The maximum Gasteiger partial charge on any atom is 0.271 e. The van der Waals surface area contributed by atoms with Crippen molar-refractivity contribution < 1.29 is 18.8 Å². The van der Waals surface area contributed by atoms with E-state index in [0.717, 1.165) is 16.8 Å². The van der Waals surface area contributed by atoms with Crippen molar-refractivity contribution >= 4 is 28.9 Å². The van der Waals surface area contributed by atoms with Crippen molar-refractivity contribution in [3.8, 4) is 5.75 Å². The summed E-state index contributed by atoms with van der Waals surface area (Å²) in [5.41, 5.74) is 3.91. The molecule has 0 spiro atoms. The van der Waals surface area contributed by atoms with Crippen molar-refractivity contribution in [2.75, 3.05) is 5.32 Å². The number of nitro groups is 1. The number of nitrogens with zero attached hydrogens (tertiary/aromatic N) is 3. The molecule has 3 aromatic carbocycles. The molecule has 0 aliphatic rings. The maximum absolute atomic E-state index is 13.5. The van der Waals surface area contributed by atoms with Crippen LogP contribution < -0.4 is 10.1 Å². The summed E-state index contributed by atoms with van der Waals surface area (Å²) < 4.78 is 20.9. The van der Waals surface area contributed by atoms with Gasteiger partial charge in [0.2, 0.25) is 0 Å². The van der Waals surface area contributed by atoms with Crippen LogP contribution in [-0.2, 0) is 13.2 Å². The molecule has 4 rings (SSSR count). The molecule has 0 radical (unpaired) electrons. The Hall–Kier alpha value is -4.24. The number of carbonyl (C=O) groups excluding carboxylic acids is 1. The van der Waals surface area contributed by atoms with Crippen molar-refractivity contribution in [1.29, 1.82) is 0 Å². The predicted molar refractivity (Wildman–Crippen MR) is 134 cm³/mol. The smallest absolute Gasteiger partial charge is 0.271 e. The van der Waals surface area contributed by atoms with Gasteiger partial charge in [0.15, 0.2) is 0 Å². The number of benzene rings is 3. The van der Waals surface area contributed by atoms with E-state index in [4.69, 9.17) is 16.3 Å². The summed E-state index contributed by atoms with van der Waals surface area (Å²) in [6.45, 7) is 4.20. The third-order valence-electron chi connectivity index (χ3n) is 5.58. The number of carbonyl (C=O) groups is 1. The minimum absolute atomic E-state index is 0.118. The average Bonchev–Trinajstić information content (AvgIpc) is 3.10. The number of halogens is 2. The lowest BCUT2D eigenvalue weighted by atomic mass is 10.1. The third kappa shape index (κ3) is 5.69. The SMILES string of the molecule is Cc1nn(Cc2cccc(F)c2)c(C)c1NC(=O)c1ccc(COc2ccc([N+](=O)[O-])cc2Cl)cc1. The minimum atomic E-state index is -0.530.